The van der Waals surface area contributed by atoms with Crippen LogP contribution in [0, 0.1) is 12.7 Å². The molecule has 0 aliphatic carbocycles. The molecule has 0 saturated carbocycles. The van der Waals surface area contributed by atoms with Gasteiger partial charge in [-0.05, 0) is 18.6 Å². The number of halogens is 1. The van der Waals surface area contributed by atoms with Gasteiger partial charge >= 0.3 is 0 Å². The first-order valence-electron chi connectivity index (χ1n) is 5.78. The van der Waals surface area contributed by atoms with Crippen LogP contribution in [0.15, 0.2) is 18.2 Å². The van der Waals surface area contributed by atoms with Crippen molar-refractivity contribution in [1.29, 1.82) is 0 Å². The Labute approximate surface area is 109 Å². The summed E-state index contributed by atoms with van der Waals surface area (Å²) in [4.78, 5) is 35.8. The van der Waals surface area contributed by atoms with E-state index in [1.165, 1.54) is 13.1 Å². The molecule has 0 radical (unpaired) electrons. The van der Waals surface area contributed by atoms with Crippen LogP contribution in [0.4, 0.5) is 4.39 Å². The molecule has 1 atom stereocenters. The number of likely N-dealkylation sites (tertiary alicyclic amines) is 1. The summed E-state index contributed by atoms with van der Waals surface area (Å²) in [5, 5.41) is 2.38. The molecule has 1 aromatic rings. The van der Waals surface area contributed by atoms with Gasteiger partial charge in [0.05, 0.1) is 12.0 Å². The highest BCUT2D eigenvalue weighted by molar-refractivity contribution is 6.08. The predicted molar refractivity (Wildman–Crippen MR) is 64.8 cm³/mol. The maximum absolute atomic E-state index is 13.8. The number of benzene rings is 1. The Kier molecular flexibility index (Phi) is 3.33. The summed E-state index contributed by atoms with van der Waals surface area (Å²) in [5.41, 5.74) is 0.216. The van der Waals surface area contributed by atoms with Crippen LogP contribution in [0.5, 0.6) is 0 Å². The van der Waals surface area contributed by atoms with E-state index >= 15 is 0 Å². The van der Waals surface area contributed by atoms with Gasteiger partial charge in [-0.25, -0.2) is 4.39 Å². The van der Waals surface area contributed by atoms with E-state index < -0.39 is 23.7 Å². The van der Waals surface area contributed by atoms with Crippen molar-refractivity contribution in [3.05, 3.63) is 35.1 Å². The third-order valence-electron chi connectivity index (χ3n) is 3.12. The fourth-order valence-corrected chi connectivity index (χ4v) is 1.93. The highest BCUT2D eigenvalue weighted by Gasteiger charge is 2.37. The van der Waals surface area contributed by atoms with Gasteiger partial charge in [0, 0.05) is 7.05 Å². The van der Waals surface area contributed by atoms with E-state index in [1.54, 1.807) is 19.1 Å². The maximum Gasteiger partial charge on any atom is 0.254 e. The summed E-state index contributed by atoms with van der Waals surface area (Å²) >= 11 is 0. The molecule has 0 bridgehead atoms. The number of nitrogens with one attached hydrogen (secondary N) is 1. The highest BCUT2D eigenvalue weighted by Crippen LogP contribution is 2.14. The lowest BCUT2D eigenvalue weighted by atomic mass is 10.1. The van der Waals surface area contributed by atoms with Crippen LogP contribution in [-0.2, 0) is 9.59 Å². The molecule has 0 aromatic heterocycles. The van der Waals surface area contributed by atoms with Crippen molar-refractivity contribution in [3.63, 3.8) is 0 Å². The number of hydrogen-bond donors (Lipinski definition) is 1. The minimum Gasteiger partial charge on any atom is -0.340 e. The number of aryl methyl sites for hydroxylation is 1. The Morgan fingerprint density at radius 2 is 2.11 bits per heavy atom. The fourth-order valence-electron chi connectivity index (χ4n) is 1.93. The van der Waals surface area contributed by atoms with Crippen LogP contribution in [0.3, 0.4) is 0 Å². The Balaban J connectivity index is 2.16. The Morgan fingerprint density at radius 1 is 1.42 bits per heavy atom. The molecule has 1 unspecified atom stereocenters. The molecule has 19 heavy (non-hydrogen) atoms. The number of imide groups is 1. The number of hydrogen-bond acceptors (Lipinski definition) is 3. The zero-order chi connectivity index (χ0) is 14.2. The third kappa shape index (κ3) is 2.33. The summed E-state index contributed by atoms with van der Waals surface area (Å²) in [6.45, 7) is 1.55. The maximum atomic E-state index is 13.8. The molecule has 6 heteroatoms. The quantitative estimate of drug-likeness (QED) is 0.796. The summed E-state index contributed by atoms with van der Waals surface area (Å²) in [5.74, 6) is -2.15. The monoisotopic (exact) mass is 264 g/mol. The van der Waals surface area contributed by atoms with Gasteiger partial charge in [0.15, 0.2) is 0 Å². The van der Waals surface area contributed by atoms with E-state index in [4.69, 9.17) is 0 Å². The van der Waals surface area contributed by atoms with Crippen LogP contribution in [-0.4, -0.2) is 35.7 Å². The number of carbonyl (C=O) groups excluding carboxylic acids is 3. The van der Waals surface area contributed by atoms with E-state index in [2.05, 4.69) is 5.32 Å². The average Bonchev–Trinajstić information content (AvgIpc) is 2.60. The Morgan fingerprint density at radius 3 is 2.68 bits per heavy atom. The van der Waals surface area contributed by atoms with E-state index in [9.17, 15) is 18.8 Å². The minimum atomic E-state index is -0.912. The molecule has 1 aromatic carbocycles. The van der Waals surface area contributed by atoms with Gasteiger partial charge in [0.1, 0.15) is 11.9 Å². The van der Waals surface area contributed by atoms with Crippen molar-refractivity contribution < 1.29 is 18.8 Å². The van der Waals surface area contributed by atoms with Gasteiger partial charge in [-0.1, -0.05) is 12.1 Å². The smallest absolute Gasteiger partial charge is 0.254 e. The lowest BCUT2D eigenvalue weighted by molar-refractivity contribution is -0.137. The van der Waals surface area contributed by atoms with Gasteiger partial charge in [-0.15, -0.1) is 0 Å². The van der Waals surface area contributed by atoms with Gasteiger partial charge in [0.2, 0.25) is 5.91 Å². The molecule has 1 N–H and O–H groups in total. The van der Waals surface area contributed by atoms with Gasteiger partial charge in [0.25, 0.3) is 11.8 Å². The average molecular weight is 264 g/mol. The van der Waals surface area contributed by atoms with E-state index in [0.717, 1.165) is 4.90 Å². The van der Waals surface area contributed by atoms with Crippen molar-refractivity contribution in [2.24, 2.45) is 0 Å². The molecule has 1 aliphatic heterocycles. The van der Waals surface area contributed by atoms with Crippen LogP contribution in [0.2, 0.25) is 0 Å². The molecule has 1 saturated heterocycles. The Hall–Kier alpha value is -2.24. The lowest BCUT2D eigenvalue weighted by Gasteiger charge is -2.12. The second-order valence-electron chi connectivity index (χ2n) is 4.46. The van der Waals surface area contributed by atoms with Gasteiger partial charge in [-0.3, -0.25) is 19.3 Å². The SMILES string of the molecule is Cc1cccc(C(=O)NC2CC(=O)N(C)C2=O)c1F. The van der Waals surface area contributed by atoms with E-state index in [-0.39, 0.29) is 17.9 Å². The molecule has 0 spiro atoms. The fraction of sp³-hybridized carbons (Fsp3) is 0.308. The molecular weight excluding hydrogens is 251 g/mol. The number of amides is 3. The van der Waals surface area contributed by atoms with Crippen molar-refractivity contribution >= 4 is 17.7 Å². The molecule has 3 amide bonds. The Bertz CT molecular complexity index is 571. The predicted octanol–water partition coefficient (Wildman–Crippen LogP) is 0.621. The van der Waals surface area contributed by atoms with Gasteiger partial charge < -0.3 is 5.32 Å². The number of nitrogens with zero attached hydrogens (tertiary/aromatic N) is 1. The summed E-state index contributed by atoms with van der Waals surface area (Å²) in [6.07, 6.45) is -0.0888. The largest absolute Gasteiger partial charge is 0.340 e. The topological polar surface area (TPSA) is 66.5 Å². The first kappa shape index (κ1) is 13.2. The first-order chi connectivity index (χ1) is 8.91. The van der Waals surface area contributed by atoms with Gasteiger partial charge in [-0.2, -0.15) is 0 Å². The zero-order valence-corrected chi connectivity index (χ0v) is 10.6. The van der Waals surface area contributed by atoms with Crippen LogP contribution < -0.4 is 5.32 Å². The molecule has 1 aliphatic rings. The second-order valence-corrected chi connectivity index (χ2v) is 4.46. The standard InChI is InChI=1S/C13H13FN2O3/c1-7-4-3-5-8(11(7)14)12(18)15-9-6-10(17)16(2)13(9)19/h3-5,9H,6H2,1-2H3,(H,15,18). The van der Waals surface area contributed by atoms with E-state index in [1.807, 2.05) is 0 Å². The molecule has 2 rings (SSSR count). The molecule has 5 nitrogen and oxygen atoms in total. The normalized spacial score (nSPS) is 18.9. The molecule has 1 fully saturated rings. The number of rotatable bonds is 2. The van der Waals surface area contributed by atoms with Crippen LogP contribution >= 0.6 is 0 Å². The number of carbonyl (C=O) groups is 3. The summed E-state index contributed by atoms with van der Waals surface area (Å²) in [7, 11) is 1.35. The summed E-state index contributed by atoms with van der Waals surface area (Å²) in [6, 6.07) is 3.53. The second kappa shape index (κ2) is 4.79. The zero-order valence-electron chi connectivity index (χ0n) is 10.6. The lowest BCUT2D eigenvalue weighted by Crippen LogP contribution is -2.41. The van der Waals surface area contributed by atoms with Crippen molar-refractivity contribution in [2.45, 2.75) is 19.4 Å². The van der Waals surface area contributed by atoms with Crippen molar-refractivity contribution in [1.82, 2.24) is 10.2 Å². The summed E-state index contributed by atoms with van der Waals surface area (Å²) < 4.78 is 13.8. The van der Waals surface area contributed by atoms with E-state index in [0.29, 0.717) is 5.56 Å². The van der Waals surface area contributed by atoms with Crippen LogP contribution in [0.25, 0.3) is 0 Å². The van der Waals surface area contributed by atoms with Crippen molar-refractivity contribution in [3.8, 4) is 0 Å². The highest BCUT2D eigenvalue weighted by atomic mass is 19.1. The molecule has 100 valence electrons. The molecular formula is C13H13FN2O3. The first-order valence-corrected chi connectivity index (χ1v) is 5.78. The van der Waals surface area contributed by atoms with Crippen LogP contribution in [0.1, 0.15) is 22.3 Å². The third-order valence-corrected chi connectivity index (χ3v) is 3.12. The van der Waals surface area contributed by atoms with Crippen molar-refractivity contribution in [2.75, 3.05) is 7.05 Å². The minimum absolute atomic E-state index is 0.0888. The number of likely N-dealkylation sites (N-methyl/N-ethyl adjacent to an activating group) is 1. The molecule has 1 heterocycles.